The third-order valence-corrected chi connectivity index (χ3v) is 6.41. The molecule has 3 aromatic rings. The quantitative estimate of drug-likeness (QED) is 0.267. The second-order valence-electron chi connectivity index (χ2n) is 10.6. The van der Waals surface area contributed by atoms with Gasteiger partial charge in [-0.05, 0) is 74.5 Å². The lowest BCUT2D eigenvalue weighted by molar-refractivity contribution is -0.145. The van der Waals surface area contributed by atoms with Crippen molar-refractivity contribution in [3.63, 3.8) is 0 Å². The number of unbranched alkanes of at least 4 members (excludes halogenated alkanes) is 1. The van der Waals surface area contributed by atoms with E-state index in [1.54, 1.807) is 6.20 Å². The minimum Gasteiger partial charge on any atom is -0.464 e. The lowest BCUT2D eigenvalue weighted by Gasteiger charge is -2.22. The molecule has 1 aliphatic rings. The van der Waals surface area contributed by atoms with Gasteiger partial charge in [0.25, 0.3) is 0 Å². The van der Waals surface area contributed by atoms with Gasteiger partial charge in [-0.15, -0.1) is 0 Å². The van der Waals surface area contributed by atoms with Gasteiger partial charge in [-0.3, -0.25) is 14.7 Å². The summed E-state index contributed by atoms with van der Waals surface area (Å²) < 4.78 is 11.1. The molecule has 2 aromatic carbocycles. The number of hydrogen-bond acceptors (Lipinski definition) is 6. The van der Waals surface area contributed by atoms with Crippen molar-refractivity contribution < 1.29 is 19.1 Å². The fourth-order valence-corrected chi connectivity index (χ4v) is 4.74. The number of carbonyl (C=O) groups is 2. The number of rotatable bonds is 11. The minimum absolute atomic E-state index is 0.0366. The van der Waals surface area contributed by atoms with Crippen molar-refractivity contribution in [1.82, 2.24) is 15.2 Å². The van der Waals surface area contributed by atoms with Crippen molar-refractivity contribution in [2.24, 2.45) is 0 Å². The van der Waals surface area contributed by atoms with Crippen LogP contribution in [-0.4, -0.2) is 53.8 Å². The number of hydrogen-bond donors (Lipinski definition) is 1. The fraction of sp³-hybridized carbons (Fsp3) is 0.387. The summed E-state index contributed by atoms with van der Waals surface area (Å²) in [6.07, 6.45) is 2.91. The molecule has 1 N–H and O–H groups in total. The highest BCUT2D eigenvalue weighted by molar-refractivity contribution is 5.79. The van der Waals surface area contributed by atoms with E-state index in [4.69, 9.17) is 9.47 Å². The van der Waals surface area contributed by atoms with Crippen LogP contribution in [0, 0.1) is 0 Å². The lowest BCUT2D eigenvalue weighted by atomic mass is 9.98. The number of nitrogens with zero attached hydrogens (tertiary/aromatic N) is 2. The summed E-state index contributed by atoms with van der Waals surface area (Å²) in [6.45, 7) is 7.73. The normalized spacial score (nSPS) is 12.6. The number of ether oxygens (including phenoxy) is 2. The number of amides is 1. The van der Waals surface area contributed by atoms with Crippen LogP contribution in [0.1, 0.15) is 56.4 Å². The number of nitrogens with one attached hydrogen (secondary N) is 1. The predicted octanol–water partition coefficient (Wildman–Crippen LogP) is 5.54. The van der Waals surface area contributed by atoms with Crippen molar-refractivity contribution in [3.05, 3.63) is 89.7 Å². The SMILES string of the molecule is CC(C)(C)OC(=O)NCCCCN(CC(=O)OCC1c2ccccc2-c2ccccc21)Cc1ccccn1. The minimum atomic E-state index is -0.521. The van der Waals surface area contributed by atoms with Gasteiger partial charge in [0.05, 0.1) is 12.2 Å². The molecule has 0 radical (unpaired) electrons. The summed E-state index contributed by atoms with van der Waals surface area (Å²) >= 11 is 0. The molecule has 1 aliphatic carbocycles. The number of aromatic nitrogens is 1. The Labute approximate surface area is 225 Å². The van der Waals surface area contributed by atoms with E-state index in [9.17, 15) is 9.59 Å². The van der Waals surface area contributed by atoms with E-state index in [-0.39, 0.29) is 18.4 Å². The molecule has 200 valence electrons. The van der Waals surface area contributed by atoms with Gasteiger partial charge in [0.1, 0.15) is 12.2 Å². The van der Waals surface area contributed by atoms with Crippen molar-refractivity contribution in [2.75, 3.05) is 26.2 Å². The molecule has 1 aromatic heterocycles. The van der Waals surface area contributed by atoms with Crippen LogP contribution in [0.4, 0.5) is 4.79 Å². The largest absolute Gasteiger partial charge is 0.464 e. The van der Waals surface area contributed by atoms with Gasteiger partial charge in [0.2, 0.25) is 0 Å². The van der Waals surface area contributed by atoms with Gasteiger partial charge in [-0.2, -0.15) is 0 Å². The van der Waals surface area contributed by atoms with Crippen LogP contribution in [0.25, 0.3) is 11.1 Å². The molecule has 0 atom stereocenters. The molecule has 38 heavy (non-hydrogen) atoms. The average Bonchev–Trinajstić information content (AvgIpc) is 3.20. The highest BCUT2D eigenvalue weighted by Crippen LogP contribution is 2.44. The molecule has 0 fully saturated rings. The van der Waals surface area contributed by atoms with Gasteiger partial charge < -0.3 is 14.8 Å². The van der Waals surface area contributed by atoms with Gasteiger partial charge in [-0.25, -0.2) is 4.79 Å². The Bertz CT molecular complexity index is 1180. The van der Waals surface area contributed by atoms with E-state index in [0.717, 1.165) is 18.5 Å². The number of esters is 1. The molecule has 4 rings (SSSR count). The molecular formula is C31H37N3O4. The van der Waals surface area contributed by atoms with Gasteiger partial charge >= 0.3 is 12.1 Å². The molecule has 7 nitrogen and oxygen atoms in total. The summed E-state index contributed by atoms with van der Waals surface area (Å²) in [7, 11) is 0. The summed E-state index contributed by atoms with van der Waals surface area (Å²) in [6, 6.07) is 22.4. The van der Waals surface area contributed by atoms with E-state index >= 15 is 0 Å². The molecule has 0 saturated carbocycles. The van der Waals surface area contributed by atoms with Crippen LogP contribution < -0.4 is 5.32 Å². The third-order valence-electron chi connectivity index (χ3n) is 6.41. The zero-order chi connectivity index (χ0) is 27.0. The fourth-order valence-electron chi connectivity index (χ4n) is 4.74. The van der Waals surface area contributed by atoms with E-state index in [0.29, 0.717) is 26.2 Å². The van der Waals surface area contributed by atoms with Gasteiger partial charge in [0, 0.05) is 25.2 Å². The smallest absolute Gasteiger partial charge is 0.407 e. The van der Waals surface area contributed by atoms with Crippen LogP contribution in [0.5, 0.6) is 0 Å². The number of pyridine rings is 1. The maximum Gasteiger partial charge on any atom is 0.407 e. The zero-order valence-corrected chi connectivity index (χ0v) is 22.5. The molecule has 1 amide bonds. The van der Waals surface area contributed by atoms with Crippen LogP contribution in [0.15, 0.2) is 72.9 Å². The van der Waals surface area contributed by atoms with E-state index < -0.39 is 11.7 Å². The summed E-state index contributed by atoms with van der Waals surface area (Å²) in [5.41, 5.74) is 5.19. The Morgan fingerprint density at radius 2 is 1.58 bits per heavy atom. The molecule has 0 spiro atoms. The van der Waals surface area contributed by atoms with Crippen LogP contribution in [0.3, 0.4) is 0 Å². The van der Waals surface area contributed by atoms with Crippen molar-refractivity contribution >= 4 is 12.1 Å². The maximum absolute atomic E-state index is 13.0. The van der Waals surface area contributed by atoms with Crippen LogP contribution in [-0.2, 0) is 20.8 Å². The Morgan fingerprint density at radius 3 is 2.21 bits per heavy atom. The zero-order valence-electron chi connectivity index (χ0n) is 22.5. The molecule has 7 heteroatoms. The Balaban J connectivity index is 1.31. The van der Waals surface area contributed by atoms with Crippen LogP contribution in [0.2, 0.25) is 0 Å². The molecule has 0 bridgehead atoms. The third kappa shape index (κ3) is 7.65. The molecule has 0 aliphatic heterocycles. The first-order valence-electron chi connectivity index (χ1n) is 13.2. The number of carbonyl (C=O) groups excluding carboxylic acids is 2. The highest BCUT2D eigenvalue weighted by Gasteiger charge is 2.29. The van der Waals surface area contributed by atoms with Crippen LogP contribution >= 0.6 is 0 Å². The number of fused-ring (bicyclic) bond motifs is 3. The van der Waals surface area contributed by atoms with E-state index in [1.807, 2.05) is 63.2 Å². The molecular weight excluding hydrogens is 478 g/mol. The van der Waals surface area contributed by atoms with Gasteiger partial charge in [0.15, 0.2) is 0 Å². The standard InChI is InChI=1S/C31H37N3O4/c1-31(2,3)38-30(36)33-18-10-11-19-34(20-23-12-8-9-17-32-23)21-29(35)37-22-28-26-15-6-4-13-24(26)25-14-5-7-16-27(25)28/h4-9,12-17,28H,10-11,18-22H2,1-3H3,(H,33,36). The first kappa shape index (κ1) is 27.3. The maximum atomic E-state index is 13.0. The first-order chi connectivity index (χ1) is 18.3. The lowest BCUT2D eigenvalue weighted by Crippen LogP contribution is -2.34. The molecule has 1 heterocycles. The second-order valence-corrected chi connectivity index (χ2v) is 10.6. The average molecular weight is 516 g/mol. The summed E-state index contributed by atoms with van der Waals surface area (Å²) in [4.78, 5) is 31.3. The Morgan fingerprint density at radius 1 is 0.921 bits per heavy atom. The predicted molar refractivity (Wildman–Crippen MR) is 148 cm³/mol. The summed E-state index contributed by atoms with van der Waals surface area (Å²) in [5, 5.41) is 2.79. The monoisotopic (exact) mass is 515 g/mol. The molecule has 0 saturated heterocycles. The summed E-state index contributed by atoms with van der Waals surface area (Å²) in [5.74, 6) is -0.218. The van der Waals surface area contributed by atoms with E-state index in [2.05, 4.69) is 39.5 Å². The highest BCUT2D eigenvalue weighted by atomic mass is 16.6. The number of alkyl carbamates (subject to hydrolysis) is 1. The molecule has 0 unspecified atom stereocenters. The Hall–Kier alpha value is -3.71. The second kappa shape index (κ2) is 12.7. The Kier molecular flexibility index (Phi) is 9.13. The van der Waals surface area contributed by atoms with Crippen molar-refractivity contribution in [1.29, 1.82) is 0 Å². The topological polar surface area (TPSA) is 80.8 Å². The van der Waals surface area contributed by atoms with E-state index in [1.165, 1.54) is 22.3 Å². The van der Waals surface area contributed by atoms with Crippen molar-refractivity contribution in [3.8, 4) is 11.1 Å². The first-order valence-corrected chi connectivity index (χ1v) is 13.2. The van der Waals surface area contributed by atoms with Crippen molar-refractivity contribution in [2.45, 2.75) is 51.7 Å². The van der Waals surface area contributed by atoms with Gasteiger partial charge in [-0.1, -0.05) is 54.6 Å². The number of benzene rings is 2.